The Labute approximate surface area is 107 Å². The van der Waals surface area contributed by atoms with E-state index in [9.17, 15) is 0 Å². The van der Waals surface area contributed by atoms with Gasteiger partial charge in [0.2, 0.25) is 0 Å². The Morgan fingerprint density at radius 1 is 1.44 bits per heavy atom. The summed E-state index contributed by atoms with van der Waals surface area (Å²) < 4.78 is 1.91. The van der Waals surface area contributed by atoms with Crippen molar-refractivity contribution in [3.05, 3.63) is 47.8 Å². The molecule has 0 aliphatic carbocycles. The minimum Gasteiger partial charge on any atom is -0.378 e. The topological polar surface area (TPSA) is 53.6 Å². The van der Waals surface area contributed by atoms with E-state index in [4.69, 9.17) is 5.26 Å². The molecule has 0 bridgehead atoms. The molecule has 0 unspecified atom stereocenters. The molecule has 0 saturated carbocycles. The molecule has 18 heavy (non-hydrogen) atoms. The first-order valence-electron chi connectivity index (χ1n) is 5.96. The summed E-state index contributed by atoms with van der Waals surface area (Å²) in [7, 11) is 0. The van der Waals surface area contributed by atoms with E-state index in [0.29, 0.717) is 18.2 Å². The van der Waals surface area contributed by atoms with Crippen LogP contribution in [0.3, 0.4) is 0 Å². The summed E-state index contributed by atoms with van der Waals surface area (Å²) in [5.41, 5.74) is 2.77. The van der Waals surface area contributed by atoms with Crippen molar-refractivity contribution < 1.29 is 0 Å². The molecule has 1 aromatic heterocycles. The lowest BCUT2D eigenvalue weighted by molar-refractivity contribution is 0.532. The Hall–Kier alpha value is -2.28. The van der Waals surface area contributed by atoms with E-state index in [0.717, 1.165) is 11.3 Å². The van der Waals surface area contributed by atoms with Gasteiger partial charge in [0.15, 0.2) is 0 Å². The monoisotopic (exact) mass is 240 g/mol. The van der Waals surface area contributed by atoms with Crippen LogP contribution in [0.15, 0.2) is 36.7 Å². The average Bonchev–Trinajstić information content (AvgIpc) is 2.85. The van der Waals surface area contributed by atoms with Crippen LogP contribution in [0.5, 0.6) is 0 Å². The third-order valence-electron chi connectivity index (χ3n) is 2.68. The van der Waals surface area contributed by atoms with Crippen LogP contribution in [0, 0.1) is 11.3 Å². The van der Waals surface area contributed by atoms with E-state index in [1.807, 2.05) is 35.3 Å². The van der Waals surface area contributed by atoms with Gasteiger partial charge in [-0.1, -0.05) is 12.1 Å². The van der Waals surface area contributed by atoms with Gasteiger partial charge in [-0.05, 0) is 31.5 Å². The highest BCUT2D eigenvalue weighted by Crippen LogP contribution is 2.12. The van der Waals surface area contributed by atoms with Gasteiger partial charge in [-0.25, -0.2) is 0 Å². The largest absolute Gasteiger partial charge is 0.378 e. The van der Waals surface area contributed by atoms with Gasteiger partial charge in [0.05, 0.1) is 23.5 Å². The first kappa shape index (κ1) is 12.2. The lowest BCUT2D eigenvalue weighted by Crippen LogP contribution is -2.01. The summed E-state index contributed by atoms with van der Waals surface area (Å²) in [6.07, 6.45) is 3.80. The number of benzene rings is 1. The van der Waals surface area contributed by atoms with Crippen molar-refractivity contribution in [2.75, 3.05) is 5.32 Å². The van der Waals surface area contributed by atoms with E-state index < -0.39 is 0 Å². The fraction of sp³-hybridized carbons (Fsp3) is 0.286. The van der Waals surface area contributed by atoms with Gasteiger partial charge in [-0.15, -0.1) is 0 Å². The molecule has 0 saturated heterocycles. The van der Waals surface area contributed by atoms with Crippen molar-refractivity contribution in [1.82, 2.24) is 9.78 Å². The van der Waals surface area contributed by atoms with Crippen LogP contribution in [0.25, 0.3) is 0 Å². The fourth-order valence-corrected chi connectivity index (χ4v) is 1.67. The number of aromatic nitrogens is 2. The molecule has 0 atom stereocenters. The third-order valence-corrected chi connectivity index (χ3v) is 2.68. The van der Waals surface area contributed by atoms with Crippen molar-refractivity contribution >= 4 is 5.69 Å². The lowest BCUT2D eigenvalue weighted by atomic mass is 10.1. The van der Waals surface area contributed by atoms with Gasteiger partial charge >= 0.3 is 0 Å². The molecule has 0 radical (unpaired) electrons. The predicted molar refractivity (Wildman–Crippen MR) is 71.1 cm³/mol. The Morgan fingerprint density at radius 2 is 2.28 bits per heavy atom. The van der Waals surface area contributed by atoms with Crippen molar-refractivity contribution in [1.29, 1.82) is 5.26 Å². The molecule has 2 rings (SSSR count). The number of rotatable bonds is 4. The minimum atomic E-state index is 0.363. The van der Waals surface area contributed by atoms with E-state index in [-0.39, 0.29) is 0 Å². The van der Waals surface area contributed by atoms with Crippen LogP contribution < -0.4 is 5.32 Å². The molecule has 0 amide bonds. The molecule has 1 aromatic carbocycles. The van der Waals surface area contributed by atoms with Crippen molar-refractivity contribution in [2.45, 2.75) is 26.4 Å². The van der Waals surface area contributed by atoms with Crippen LogP contribution in [-0.4, -0.2) is 9.78 Å². The zero-order valence-electron chi connectivity index (χ0n) is 10.6. The normalized spacial score (nSPS) is 10.3. The summed E-state index contributed by atoms with van der Waals surface area (Å²) in [5.74, 6) is 0. The summed E-state index contributed by atoms with van der Waals surface area (Å²) in [6, 6.07) is 10.1. The van der Waals surface area contributed by atoms with Crippen molar-refractivity contribution in [3.8, 4) is 6.07 Å². The fourth-order valence-electron chi connectivity index (χ4n) is 1.67. The van der Waals surface area contributed by atoms with Crippen LogP contribution >= 0.6 is 0 Å². The lowest BCUT2D eigenvalue weighted by Gasteiger charge is -2.05. The molecule has 92 valence electrons. The minimum absolute atomic E-state index is 0.363. The highest BCUT2D eigenvalue weighted by Gasteiger charge is 2.01. The Bertz CT molecular complexity index is 563. The summed E-state index contributed by atoms with van der Waals surface area (Å²) in [4.78, 5) is 0. The van der Waals surface area contributed by atoms with Gasteiger partial charge in [-0.2, -0.15) is 10.4 Å². The molecule has 4 nitrogen and oxygen atoms in total. The zero-order valence-corrected chi connectivity index (χ0v) is 10.6. The van der Waals surface area contributed by atoms with Gasteiger partial charge in [0.25, 0.3) is 0 Å². The second-order valence-corrected chi connectivity index (χ2v) is 4.47. The SMILES string of the molecule is CC(C)n1cc(NCc2cccc(C#N)c2)cn1. The smallest absolute Gasteiger partial charge is 0.0991 e. The highest BCUT2D eigenvalue weighted by molar-refractivity contribution is 5.40. The Kier molecular flexibility index (Phi) is 3.63. The van der Waals surface area contributed by atoms with Crippen molar-refractivity contribution in [2.24, 2.45) is 0 Å². The first-order valence-corrected chi connectivity index (χ1v) is 5.96. The summed E-state index contributed by atoms with van der Waals surface area (Å²) >= 11 is 0. The van der Waals surface area contributed by atoms with Crippen LogP contribution in [0.2, 0.25) is 0 Å². The highest BCUT2D eigenvalue weighted by atomic mass is 15.3. The zero-order chi connectivity index (χ0) is 13.0. The molecule has 0 fully saturated rings. The second kappa shape index (κ2) is 5.37. The van der Waals surface area contributed by atoms with Crippen molar-refractivity contribution in [3.63, 3.8) is 0 Å². The molecular formula is C14H16N4. The quantitative estimate of drug-likeness (QED) is 0.893. The number of nitriles is 1. The molecule has 1 heterocycles. The standard InChI is InChI=1S/C14H16N4/c1-11(2)18-10-14(9-17-18)16-8-13-5-3-4-12(6-13)7-15/h3-6,9-11,16H,8H2,1-2H3. The summed E-state index contributed by atoms with van der Waals surface area (Å²) in [5, 5.41) is 16.4. The van der Waals surface area contributed by atoms with Gasteiger partial charge in [0.1, 0.15) is 0 Å². The Morgan fingerprint density at radius 3 is 2.94 bits per heavy atom. The molecule has 0 aliphatic rings. The van der Waals surface area contributed by atoms with Gasteiger partial charge in [0, 0.05) is 18.8 Å². The first-order chi connectivity index (χ1) is 8.69. The number of anilines is 1. The van der Waals surface area contributed by atoms with Crippen LogP contribution in [0.1, 0.15) is 31.0 Å². The molecular weight excluding hydrogens is 224 g/mol. The molecule has 1 N–H and O–H groups in total. The van der Waals surface area contributed by atoms with Crippen LogP contribution in [0.4, 0.5) is 5.69 Å². The maximum Gasteiger partial charge on any atom is 0.0991 e. The van der Waals surface area contributed by atoms with E-state index in [1.165, 1.54) is 0 Å². The maximum atomic E-state index is 8.83. The molecule has 4 heteroatoms. The van der Waals surface area contributed by atoms with E-state index >= 15 is 0 Å². The molecule has 0 spiro atoms. The van der Waals surface area contributed by atoms with Gasteiger partial charge in [-0.3, -0.25) is 4.68 Å². The van der Waals surface area contributed by atoms with E-state index in [1.54, 1.807) is 6.07 Å². The number of nitrogens with zero attached hydrogens (tertiary/aromatic N) is 3. The van der Waals surface area contributed by atoms with E-state index in [2.05, 4.69) is 30.3 Å². The Balaban J connectivity index is 2.00. The number of nitrogens with one attached hydrogen (secondary N) is 1. The molecule has 0 aliphatic heterocycles. The second-order valence-electron chi connectivity index (χ2n) is 4.47. The van der Waals surface area contributed by atoms with Crippen LogP contribution in [-0.2, 0) is 6.54 Å². The van der Waals surface area contributed by atoms with Gasteiger partial charge < -0.3 is 5.32 Å². The predicted octanol–water partition coefficient (Wildman–Crippen LogP) is 2.95. The third kappa shape index (κ3) is 2.89. The average molecular weight is 240 g/mol. The summed E-state index contributed by atoms with van der Waals surface area (Å²) in [6.45, 7) is 4.87. The maximum absolute atomic E-state index is 8.83. The molecule has 2 aromatic rings. The number of hydrogen-bond donors (Lipinski definition) is 1. The number of hydrogen-bond acceptors (Lipinski definition) is 3.